The second-order valence-corrected chi connectivity index (χ2v) is 6.55. The van der Waals surface area contributed by atoms with Gasteiger partial charge in [0, 0.05) is 17.3 Å². The minimum atomic E-state index is 0.775. The Kier molecular flexibility index (Phi) is 4.35. The molecule has 0 spiro atoms. The molecule has 15 heavy (non-hydrogen) atoms. The third kappa shape index (κ3) is 3.36. The third-order valence-electron chi connectivity index (χ3n) is 3.78. The molecule has 88 valence electrons. The second kappa shape index (κ2) is 5.55. The average molecular weight is 228 g/mol. The van der Waals surface area contributed by atoms with Gasteiger partial charge in [0.15, 0.2) is 0 Å². The molecular weight excluding hydrogens is 204 g/mol. The van der Waals surface area contributed by atoms with Gasteiger partial charge in [-0.05, 0) is 51.6 Å². The van der Waals surface area contributed by atoms with E-state index in [0.717, 1.165) is 17.3 Å². The molecule has 2 aliphatic heterocycles. The number of rotatable bonds is 2. The van der Waals surface area contributed by atoms with Gasteiger partial charge in [-0.25, -0.2) is 0 Å². The monoisotopic (exact) mass is 228 g/mol. The highest BCUT2D eigenvalue weighted by Gasteiger charge is 2.25. The Morgan fingerprint density at radius 3 is 2.60 bits per heavy atom. The Balaban J connectivity index is 1.75. The first-order chi connectivity index (χ1) is 7.25. The van der Waals surface area contributed by atoms with Crippen LogP contribution in [0, 0.1) is 0 Å². The van der Waals surface area contributed by atoms with E-state index in [9.17, 15) is 0 Å². The molecule has 3 heteroatoms. The number of hydrogen-bond acceptors (Lipinski definition) is 3. The predicted octanol–water partition coefficient (Wildman–Crippen LogP) is 1.95. The quantitative estimate of drug-likeness (QED) is 0.778. The molecular formula is C12H24N2S. The summed E-state index contributed by atoms with van der Waals surface area (Å²) in [4.78, 5) is 2.44. The highest BCUT2D eigenvalue weighted by Crippen LogP contribution is 2.26. The summed E-state index contributed by atoms with van der Waals surface area (Å²) in [6.45, 7) is 4.92. The zero-order chi connectivity index (χ0) is 10.7. The van der Waals surface area contributed by atoms with Crippen molar-refractivity contribution in [2.75, 3.05) is 25.9 Å². The lowest BCUT2D eigenvalue weighted by atomic mass is 10.0. The molecule has 2 unspecified atom stereocenters. The van der Waals surface area contributed by atoms with Crippen LogP contribution in [0.2, 0.25) is 0 Å². The van der Waals surface area contributed by atoms with Crippen LogP contribution < -0.4 is 5.32 Å². The standard InChI is InChI=1S/C12H24N2S/c1-10-12(4-3-9-15-10)13-11-5-7-14(2)8-6-11/h10-13H,3-9H2,1-2H3. The van der Waals surface area contributed by atoms with Gasteiger partial charge in [-0.3, -0.25) is 0 Å². The smallest absolute Gasteiger partial charge is 0.0186 e. The Labute approximate surface area is 98.2 Å². The van der Waals surface area contributed by atoms with Gasteiger partial charge in [0.25, 0.3) is 0 Å². The number of nitrogens with zero attached hydrogens (tertiary/aromatic N) is 1. The Hall–Kier alpha value is 0.270. The molecule has 2 atom stereocenters. The maximum Gasteiger partial charge on any atom is 0.0186 e. The summed E-state index contributed by atoms with van der Waals surface area (Å²) in [6.07, 6.45) is 5.47. The largest absolute Gasteiger partial charge is 0.310 e. The zero-order valence-electron chi connectivity index (χ0n) is 10.0. The maximum absolute atomic E-state index is 3.88. The van der Waals surface area contributed by atoms with E-state index in [1.165, 1.54) is 44.5 Å². The average Bonchev–Trinajstić information content (AvgIpc) is 2.25. The van der Waals surface area contributed by atoms with Crippen molar-refractivity contribution >= 4 is 11.8 Å². The Morgan fingerprint density at radius 2 is 1.93 bits per heavy atom. The highest BCUT2D eigenvalue weighted by molar-refractivity contribution is 7.99. The van der Waals surface area contributed by atoms with Gasteiger partial charge < -0.3 is 10.2 Å². The van der Waals surface area contributed by atoms with Crippen molar-refractivity contribution in [1.29, 1.82) is 0 Å². The SMILES string of the molecule is CC1SCCCC1NC1CCN(C)CC1. The molecule has 2 rings (SSSR count). The van der Waals surface area contributed by atoms with E-state index < -0.39 is 0 Å². The van der Waals surface area contributed by atoms with Crippen molar-refractivity contribution in [2.45, 2.75) is 49.9 Å². The first-order valence-electron chi connectivity index (χ1n) is 6.32. The number of thioether (sulfide) groups is 1. The number of piperidine rings is 1. The fraction of sp³-hybridized carbons (Fsp3) is 1.00. The minimum absolute atomic E-state index is 0.775. The van der Waals surface area contributed by atoms with Crippen molar-refractivity contribution in [3.63, 3.8) is 0 Å². The van der Waals surface area contributed by atoms with Crippen molar-refractivity contribution < 1.29 is 0 Å². The molecule has 0 aromatic rings. The van der Waals surface area contributed by atoms with Crippen LogP contribution in [0.15, 0.2) is 0 Å². The van der Waals surface area contributed by atoms with Gasteiger partial charge in [-0.1, -0.05) is 6.92 Å². The van der Waals surface area contributed by atoms with E-state index in [1.807, 2.05) is 0 Å². The van der Waals surface area contributed by atoms with Gasteiger partial charge in [0.2, 0.25) is 0 Å². The van der Waals surface area contributed by atoms with E-state index in [2.05, 4.69) is 35.9 Å². The number of hydrogen-bond donors (Lipinski definition) is 1. The Morgan fingerprint density at radius 1 is 1.20 bits per heavy atom. The zero-order valence-corrected chi connectivity index (χ0v) is 10.9. The molecule has 0 saturated carbocycles. The van der Waals surface area contributed by atoms with Crippen LogP contribution >= 0.6 is 11.8 Å². The number of nitrogens with one attached hydrogen (secondary N) is 1. The molecule has 2 nitrogen and oxygen atoms in total. The molecule has 0 radical (unpaired) electrons. The maximum atomic E-state index is 3.88. The predicted molar refractivity (Wildman–Crippen MR) is 68.6 cm³/mol. The first kappa shape index (κ1) is 11.7. The van der Waals surface area contributed by atoms with Crippen molar-refractivity contribution in [1.82, 2.24) is 10.2 Å². The van der Waals surface area contributed by atoms with Crippen molar-refractivity contribution in [3.8, 4) is 0 Å². The van der Waals surface area contributed by atoms with Crippen LogP contribution in [0.5, 0.6) is 0 Å². The molecule has 2 fully saturated rings. The molecule has 0 aliphatic carbocycles. The lowest BCUT2D eigenvalue weighted by Gasteiger charge is -2.36. The molecule has 0 bridgehead atoms. The van der Waals surface area contributed by atoms with Gasteiger partial charge in [0.1, 0.15) is 0 Å². The Bertz CT molecular complexity index is 190. The normalized spacial score (nSPS) is 35.6. The summed E-state index contributed by atoms with van der Waals surface area (Å²) in [5, 5.41) is 4.70. The number of likely N-dealkylation sites (tertiary alicyclic amines) is 1. The van der Waals surface area contributed by atoms with Gasteiger partial charge in [0.05, 0.1) is 0 Å². The third-order valence-corrected chi connectivity index (χ3v) is 5.15. The lowest BCUT2D eigenvalue weighted by Crippen LogP contribution is -2.49. The van der Waals surface area contributed by atoms with E-state index >= 15 is 0 Å². The molecule has 0 aromatic heterocycles. The van der Waals surface area contributed by atoms with Crippen LogP contribution in [0.1, 0.15) is 32.6 Å². The summed E-state index contributed by atoms with van der Waals surface area (Å²) in [7, 11) is 2.23. The summed E-state index contributed by atoms with van der Waals surface area (Å²) in [6, 6.07) is 1.56. The molecule has 0 amide bonds. The van der Waals surface area contributed by atoms with Crippen LogP contribution in [-0.4, -0.2) is 48.1 Å². The summed E-state index contributed by atoms with van der Waals surface area (Å²) in [5.74, 6) is 1.37. The second-order valence-electron chi connectivity index (χ2n) is 5.07. The minimum Gasteiger partial charge on any atom is -0.310 e. The van der Waals surface area contributed by atoms with Crippen LogP contribution in [0.4, 0.5) is 0 Å². The lowest BCUT2D eigenvalue weighted by molar-refractivity contribution is 0.221. The summed E-state index contributed by atoms with van der Waals surface area (Å²) in [5.41, 5.74) is 0. The van der Waals surface area contributed by atoms with Gasteiger partial charge in [-0.15, -0.1) is 0 Å². The first-order valence-corrected chi connectivity index (χ1v) is 7.37. The van der Waals surface area contributed by atoms with Gasteiger partial charge >= 0.3 is 0 Å². The highest BCUT2D eigenvalue weighted by atomic mass is 32.2. The fourth-order valence-corrected chi connectivity index (χ4v) is 3.77. The molecule has 0 aromatic carbocycles. The fourth-order valence-electron chi connectivity index (χ4n) is 2.62. The van der Waals surface area contributed by atoms with E-state index in [4.69, 9.17) is 0 Å². The van der Waals surface area contributed by atoms with E-state index in [0.29, 0.717) is 0 Å². The van der Waals surface area contributed by atoms with Crippen LogP contribution in [0.25, 0.3) is 0 Å². The van der Waals surface area contributed by atoms with Crippen LogP contribution in [-0.2, 0) is 0 Å². The van der Waals surface area contributed by atoms with Crippen LogP contribution in [0.3, 0.4) is 0 Å². The van der Waals surface area contributed by atoms with Crippen molar-refractivity contribution in [2.24, 2.45) is 0 Å². The molecule has 2 aliphatic rings. The molecule has 1 N–H and O–H groups in total. The van der Waals surface area contributed by atoms with E-state index in [1.54, 1.807) is 0 Å². The summed E-state index contributed by atoms with van der Waals surface area (Å²) < 4.78 is 0. The van der Waals surface area contributed by atoms with E-state index in [-0.39, 0.29) is 0 Å². The van der Waals surface area contributed by atoms with Gasteiger partial charge in [-0.2, -0.15) is 11.8 Å². The molecule has 2 heterocycles. The van der Waals surface area contributed by atoms with Crippen molar-refractivity contribution in [3.05, 3.63) is 0 Å². The molecule has 2 saturated heterocycles. The summed E-state index contributed by atoms with van der Waals surface area (Å²) >= 11 is 2.14. The topological polar surface area (TPSA) is 15.3 Å².